The Bertz CT molecular complexity index is 2700. The van der Waals surface area contributed by atoms with Crippen molar-refractivity contribution in [2.75, 3.05) is 38.4 Å². The second kappa shape index (κ2) is 19.6. The Morgan fingerprint density at radius 3 is 2.62 bits per heavy atom. The summed E-state index contributed by atoms with van der Waals surface area (Å²) in [5.74, 6) is -0.976. The highest BCUT2D eigenvalue weighted by Crippen LogP contribution is 2.41. The van der Waals surface area contributed by atoms with Gasteiger partial charge in [-0.25, -0.2) is 19.1 Å². The van der Waals surface area contributed by atoms with E-state index in [-0.39, 0.29) is 33.2 Å². The molecule has 65 heavy (non-hydrogen) atoms. The molecule has 5 aromatic rings. The van der Waals surface area contributed by atoms with E-state index in [0.29, 0.717) is 30.2 Å². The second-order valence-electron chi connectivity index (χ2n) is 16.3. The van der Waals surface area contributed by atoms with Gasteiger partial charge in [-0.3, -0.25) is 24.8 Å². The van der Waals surface area contributed by atoms with Crippen LogP contribution in [0.1, 0.15) is 55.3 Å². The number of thiophene rings is 1. The number of ether oxygens (including phenoxy) is 3. The van der Waals surface area contributed by atoms with Gasteiger partial charge < -0.3 is 28.9 Å². The molecule has 3 aliphatic rings. The highest BCUT2D eigenvalue weighted by molar-refractivity contribution is 8.00. The molecule has 7 heterocycles. The maximum absolute atomic E-state index is 14.1. The fraction of sp³-hybridized carbons (Fsp3) is 0.364. The lowest BCUT2D eigenvalue weighted by atomic mass is 10.0. The molecular weight excluding hydrogens is 914 g/mol. The van der Waals surface area contributed by atoms with Gasteiger partial charge >= 0.3 is 12.1 Å². The Kier molecular flexibility index (Phi) is 13.8. The largest absolute Gasteiger partial charge is 0.497 e. The topological polar surface area (TPSA) is 182 Å². The van der Waals surface area contributed by atoms with Crippen molar-refractivity contribution in [3.8, 4) is 5.75 Å². The zero-order valence-electron chi connectivity index (χ0n) is 36.2. The monoisotopic (exact) mass is 960 g/mol. The van der Waals surface area contributed by atoms with Crippen molar-refractivity contribution in [2.45, 2.75) is 70.3 Å². The van der Waals surface area contributed by atoms with Crippen molar-refractivity contribution < 1.29 is 42.8 Å². The number of halogens is 1. The SMILES string of the molecule is CO/N=C(\C(=O)N[C@@H]1C(=O)N2C(C(=O)OCc3ccc(OC)cc3)=C(C[n+]3ccc4c(ccn4Cc4cc(C=NN5CCCC5)cs4)c3)CS[C@H]12)c1nc(NC(=O)OC(C)(C)C)sc1Cl. The van der Waals surface area contributed by atoms with Crippen LogP contribution in [0, 0.1) is 0 Å². The third-order valence-electron chi connectivity index (χ3n) is 10.5. The maximum atomic E-state index is 14.1. The minimum absolute atomic E-state index is 0.0347. The number of anilines is 1. The van der Waals surface area contributed by atoms with Gasteiger partial charge in [0.05, 0.1) is 30.8 Å². The summed E-state index contributed by atoms with van der Waals surface area (Å²) in [5, 5.41) is 18.4. The van der Waals surface area contributed by atoms with Crippen LogP contribution in [0.3, 0.4) is 0 Å². The summed E-state index contributed by atoms with van der Waals surface area (Å²) in [4.78, 5) is 66.3. The van der Waals surface area contributed by atoms with Gasteiger partial charge in [-0.2, -0.15) is 5.10 Å². The molecule has 2 atom stereocenters. The minimum atomic E-state index is -1.04. The average molecular weight is 962 g/mol. The van der Waals surface area contributed by atoms with E-state index < -0.39 is 40.9 Å². The third-order valence-corrected chi connectivity index (χ3v) is 13.9. The van der Waals surface area contributed by atoms with Gasteiger partial charge in [-0.1, -0.05) is 40.2 Å². The number of rotatable bonds is 15. The zero-order valence-corrected chi connectivity index (χ0v) is 39.4. The summed E-state index contributed by atoms with van der Waals surface area (Å²) in [6.45, 7) is 8.12. The number of amides is 3. The van der Waals surface area contributed by atoms with Crippen LogP contribution < -0.4 is 19.9 Å². The molecule has 0 unspecified atom stereocenters. The fourth-order valence-electron chi connectivity index (χ4n) is 7.45. The Morgan fingerprint density at radius 2 is 1.88 bits per heavy atom. The van der Waals surface area contributed by atoms with E-state index in [1.807, 2.05) is 29.2 Å². The van der Waals surface area contributed by atoms with E-state index in [0.717, 1.165) is 46.5 Å². The molecule has 0 radical (unpaired) electrons. The smallest absolute Gasteiger partial charge is 0.413 e. The molecular formula is C44H47ClN9O8S3+. The molecule has 0 spiro atoms. The summed E-state index contributed by atoms with van der Waals surface area (Å²) in [6.07, 6.45) is 9.59. The van der Waals surface area contributed by atoms with Crippen LogP contribution in [0.25, 0.3) is 10.9 Å². The number of thiazole rings is 1. The van der Waals surface area contributed by atoms with E-state index in [4.69, 9.17) is 30.6 Å². The molecule has 0 bridgehead atoms. The number of nitrogens with zero attached hydrogens (tertiary/aromatic N) is 7. The quantitative estimate of drug-likeness (QED) is 0.0391. The van der Waals surface area contributed by atoms with Crippen LogP contribution in [0.2, 0.25) is 4.34 Å². The van der Waals surface area contributed by atoms with Crippen molar-refractivity contribution in [1.82, 2.24) is 24.8 Å². The van der Waals surface area contributed by atoms with Crippen LogP contribution >= 0.6 is 46.0 Å². The summed E-state index contributed by atoms with van der Waals surface area (Å²) >= 11 is 10.5. The number of benzene rings is 1. The lowest BCUT2D eigenvalue weighted by Gasteiger charge is -2.49. The number of carbonyl (C=O) groups excluding carboxylic acids is 4. The molecule has 2 saturated heterocycles. The lowest BCUT2D eigenvalue weighted by molar-refractivity contribution is -0.687. The first kappa shape index (κ1) is 45.6. The Balaban J connectivity index is 0.995. The zero-order chi connectivity index (χ0) is 45.8. The van der Waals surface area contributed by atoms with Gasteiger partial charge in [-0.15, -0.1) is 23.1 Å². The number of thioether (sulfide) groups is 1. The van der Waals surface area contributed by atoms with Crippen molar-refractivity contribution >= 4 is 97.9 Å². The third kappa shape index (κ3) is 10.6. The maximum Gasteiger partial charge on any atom is 0.413 e. The summed E-state index contributed by atoms with van der Waals surface area (Å²) in [6, 6.07) is 12.4. The van der Waals surface area contributed by atoms with Crippen LogP contribution in [-0.4, -0.2) is 105 Å². The molecule has 340 valence electrons. The van der Waals surface area contributed by atoms with E-state index in [1.54, 1.807) is 63.5 Å². The molecule has 3 amide bonds. The number of hydrogen-bond acceptors (Lipinski definition) is 15. The van der Waals surface area contributed by atoms with E-state index in [1.165, 1.54) is 41.5 Å². The van der Waals surface area contributed by atoms with Gasteiger partial charge in [0.1, 0.15) is 52.2 Å². The first-order valence-corrected chi connectivity index (χ1v) is 23.8. The number of carbonyl (C=O) groups is 4. The Hall–Kier alpha value is -5.96. The van der Waals surface area contributed by atoms with E-state index in [9.17, 15) is 19.2 Å². The number of β-lactam (4-membered cyclic amide) rings is 1. The molecule has 1 aromatic carbocycles. The predicted octanol–water partition coefficient (Wildman–Crippen LogP) is 6.38. The van der Waals surface area contributed by atoms with Crippen molar-refractivity contribution in [1.29, 1.82) is 0 Å². The van der Waals surface area contributed by atoms with Crippen molar-refractivity contribution in [3.63, 3.8) is 0 Å². The van der Waals surface area contributed by atoms with Gasteiger partial charge in [0.25, 0.3) is 11.8 Å². The summed E-state index contributed by atoms with van der Waals surface area (Å²) < 4.78 is 20.6. The number of methoxy groups -OCH3 is 1. The Labute approximate surface area is 392 Å². The van der Waals surface area contributed by atoms with Gasteiger partial charge in [0.15, 0.2) is 29.8 Å². The molecule has 0 saturated carbocycles. The molecule has 2 N–H and O–H groups in total. The summed E-state index contributed by atoms with van der Waals surface area (Å²) in [7, 11) is 2.82. The number of fused-ring (bicyclic) bond motifs is 2. The second-order valence-corrected chi connectivity index (χ2v) is 20.0. The average Bonchev–Trinajstić information content (AvgIpc) is 4.11. The lowest BCUT2D eigenvalue weighted by Crippen LogP contribution is -2.71. The van der Waals surface area contributed by atoms with Crippen molar-refractivity contribution in [2.24, 2.45) is 10.3 Å². The van der Waals surface area contributed by atoms with E-state index in [2.05, 4.69) is 59.2 Å². The summed E-state index contributed by atoms with van der Waals surface area (Å²) in [5.41, 5.74) is 2.51. The molecule has 4 aromatic heterocycles. The van der Waals surface area contributed by atoms with Crippen LogP contribution in [0.15, 0.2) is 88.0 Å². The number of pyridine rings is 1. The van der Waals surface area contributed by atoms with Crippen LogP contribution in [-0.2, 0) is 48.4 Å². The van der Waals surface area contributed by atoms with Crippen molar-refractivity contribution in [3.05, 3.63) is 104 Å². The molecule has 17 nitrogen and oxygen atoms in total. The fourth-order valence-corrected chi connectivity index (χ4v) is 10.6. The van der Waals surface area contributed by atoms with Crippen LogP contribution in [0.4, 0.5) is 9.93 Å². The first-order valence-electron chi connectivity index (χ1n) is 20.7. The van der Waals surface area contributed by atoms with Crippen LogP contribution in [0.5, 0.6) is 5.75 Å². The highest BCUT2D eigenvalue weighted by Gasteiger charge is 2.55. The number of nitrogens with one attached hydrogen (secondary N) is 2. The highest BCUT2D eigenvalue weighted by atomic mass is 35.5. The minimum Gasteiger partial charge on any atom is -0.497 e. The number of aromatic nitrogens is 3. The van der Waals surface area contributed by atoms with Gasteiger partial charge in [-0.05, 0) is 68.8 Å². The van der Waals surface area contributed by atoms with Gasteiger partial charge in [0, 0.05) is 47.1 Å². The van der Waals surface area contributed by atoms with E-state index >= 15 is 0 Å². The molecule has 0 aliphatic carbocycles. The standard InChI is InChI=1S/C44H46ClN9O8S3/c1-44(2,3)62-43(58)49-42-48-33(37(45)65-42)34(50-60-5)38(55)47-35-39(56)54-36(41(57)61-23-26-8-10-30(59-4)11-9-26)29(25-64-40(35)54)21-51-16-13-32-28(20-51)12-17-52(32)22-31-18-27(24-63-31)19-46-53-14-6-7-15-53/h8-13,16-20,24,35,40H,6-7,14-15,21-23,25H2,1-5H3,(H-,47,48,49,55,58)/p+1/b46-19?,50-34-/t35-,40-/m1/s1. The number of hydrazone groups is 1. The molecule has 21 heteroatoms. The molecule has 3 aliphatic heterocycles. The predicted molar refractivity (Wildman–Crippen MR) is 249 cm³/mol. The number of hydrogen-bond donors (Lipinski definition) is 2. The first-order chi connectivity index (χ1) is 31.3. The number of esters is 1. The Morgan fingerprint density at radius 1 is 1.09 bits per heavy atom. The normalized spacial score (nSPS) is 17.6. The molecule has 8 rings (SSSR count). The van der Waals surface area contributed by atoms with Gasteiger partial charge in [0.2, 0.25) is 0 Å². The number of oxime groups is 1. The molecule has 2 fully saturated rings.